The van der Waals surface area contributed by atoms with E-state index in [-0.39, 0.29) is 0 Å². The van der Waals surface area contributed by atoms with Crippen LogP contribution in [0.2, 0.25) is 0 Å². The molecule has 0 aliphatic carbocycles. The second kappa shape index (κ2) is 6.68. The van der Waals surface area contributed by atoms with Gasteiger partial charge in [0, 0.05) is 11.8 Å². The minimum Gasteiger partial charge on any atom is -0.493 e. The molecule has 0 radical (unpaired) electrons. The fourth-order valence-electron chi connectivity index (χ4n) is 2.77. The Balaban J connectivity index is 1.77. The summed E-state index contributed by atoms with van der Waals surface area (Å²) < 4.78 is 18.0. The van der Waals surface area contributed by atoms with Crippen LogP contribution in [0, 0.1) is 0 Å². The maximum Gasteiger partial charge on any atom is 0.213 e. The van der Waals surface area contributed by atoms with Gasteiger partial charge >= 0.3 is 0 Å². The van der Waals surface area contributed by atoms with Crippen LogP contribution >= 0.6 is 11.3 Å². The third-order valence-electron chi connectivity index (χ3n) is 4.02. The van der Waals surface area contributed by atoms with Crippen molar-refractivity contribution in [3.8, 4) is 39.1 Å². The van der Waals surface area contributed by atoms with Crippen LogP contribution in [0.1, 0.15) is 0 Å². The summed E-state index contributed by atoms with van der Waals surface area (Å²) in [6, 6.07) is 13.9. The van der Waals surface area contributed by atoms with Gasteiger partial charge in [-0.3, -0.25) is 0 Å². The largest absolute Gasteiger partial charge is 0.493 e. The average molecular weight is 367 g/mol. The zero-order valence-electron chi connectivity index (χ0n) is 14.6. The van der Waals surface area contributed by atoms with Crippen molar-refractivity contribution in [2.75, 3.05) is 21.3 Å². The van der Waals surface area contributed by atoms with Gasteiger partial charge in [0.05, 0.1) is 26.2 Å². The number of thiazole rings is 1. The summed E-state index contributed by atoms with van der Waals surface area (Å²) >= 11 is 1.60. The molecule has 0 saturated heterocycles. The number of hydrogen-bond donors (Lipinski definition) is 0. The zero-order chi connectivity index (χ0) is 18.1. The van der Waals surface area contributed by atoms with Gasteiger partial charge < -0.3 is 14.2 Å². The summed E-state index contributed by atoms with van der Waals surface area (Å²) in [6.45, 7) is 0. The molecule has 0 spiro atoms. The summed E-state index contributed by atoms with van der Waals surface area (Å²) in [4.78, 5) is 6.60. The van der Waals surface area contributed by atoms with E-state index in [2.05, 4.69) is 22.2 Å². The van der Waals surface area contributed by atoms with Gasteiger partial charge in [-0.15, -0.1) is 5.10 Å². The minimum absolute atomic E-state index is 0.547. The lowest BCUT2D eigenvalue weighted by Crippen LogP contribution is -1.96. The maximum absolute atomic E-state index is 5.41. The molecule has 2 aromatic carbocycles. The van der Waals surface area contributed by atoms with Gasteiger partial charge in [-0.25, -0.2) is 4.52 Å². The molecule has 4 rings (SSSR count). The smallest absolute Gasteiger partial charge is 0.213 e. The second-order valence-corrected chi connectivity index (χ2v) is 6.55. The molecular formula is C19H17N3O3S. The number of hydrogen-bond acceptors (Lipinski definition) is 6. The van der Waals surface area contributed by atoms with Gasteiger partial charge in [-0.2, -0.15) is 4.98 Å². The highest BCUT2D eigenvalue weighted by Gasteiger charge is 2.17. The molecule has 26 heavy (non-hydrogen) atoms. The number of methoxy groups -OCH3 is 3. The number of fused-ring (bicyclic) bond motifs is 1. The van der Waals surface area contributed by atoms with Crippen LogP contribution in [-0.2, 0) is 0 Å². The first-order valence-electron chi connectivity index (χ1n) is 7.95. The third-order valence-corrected chi connectivity index (χ3v) is 5.04. The fraction of sp³-hybridized carbons (Fsp3) is 0.158. The van der Waals surface area contributed by atoms with Crippen molar-refractivity contribution in [1.29, 1.82) is 0 Å². The first-order chi connectivity index (χ1) is 12.7. The van der Waals surface area contributed by atoms with E-state index in [9.17, 15) is 0 Å². The number of aromatic nitrogens is 3. The Labute approximate surface area is 154 Å². The van der Waals surface area contributed by atoms with Crippen molar-refractivity contribution in [3.05, 3.63) is 48.7 Å². The monoisotopic (exact) mass is 367 g/mol. The van der Waals surface area contributed by atoms with E-state index in [1.54, 1.807) is 37.2 Å². The third kappa shape index (κ3) is 2.76. The molecule has 0 aliphatic heterocycles. The summed E-state index contributed by atoms with van der Waals surface area (Å²) in [5, 5.41) is 4.60. The van der Waals surface area contributed by atoms with Crippen molar-refractivity contribution in [2.24, 2.45) is 0 Å². The second-order valence-electron chi connectivity index (χ2n) is 5.54. The van der Waals surface area contributed by atoms with Crippen LogP contribution < -0.4 is 14.2 Å². The highest BCUT2D eigenvalue weighted by atomic mass is 32.1. The van der Waals surface area contributed by atoms with Crippen LogP contribution in [0.4, 0.5) is 0 Å². The molecule has 0 atom stereocenters. The highest BCUT2D eigenvalue weighted by molar-refractivity contribution is 7.20. The van der Waals surface area contributed by atoms with Gasteiger partial charge in [0.1, 0.15) is 0 Å². The van der Waals surface area contributed by atoms with E-state index in [1.807, 2.05) is 36.5 Å². The average Bonchev–Trinajstić information content (AvgIpc) is 3.26. The molecular weight excluding hydrogens is 350 g/mol. The van der Waals surface area contributed by atoms with Crippen molar-refractivity contribution in [3.63, 3.8) is 0 Å². The Morgan fingerprint density at radius 2 is 1.58 bits per heavy atom. The van der Waals surface area contributed by atoms with Gasteiger partial charge in [-0.1, -0.05) is 41.7 Å². The van der Waals surface area contributed by atoms with Crippen molar-refractivity contribution in [1.82, 2.24) is 14.6 Å². The quantitative estimate of drug-likeness (QED) is 0.530. The van der Waals surface area contributed by atoms with Crippen LogP contribution in [0.25, 0.3) is 26.8 Å². The van der Waals surface area contributed by atoms with Gasteiger partial charge in [-0.05, 0) is 17.7 Å². The Bertz CT molecular complexity index is 1000. The molecule has 7 heteroatoms. The van der Waals surface area contributed by atoms with Crippen molar-refractivity contribution >= 4 is 16.3 Å². The number of rotatable bonds is 5. The Morgan fingerprint density at radius 1 is 0.885 bits per heavy atom. The topological polar surface area (TPSA) is 57.9 Å². The van der Waals surface area contributed by atoms with Gasteiger partial charge in [0.25, 0.3) is 0 Å². The molecule has 0 saturated carbocycles. The molecule has 132 valence electrons. The zero-order valence-corrected chi connectivity index (χ0v) is 15.4. The summed E-state index contributed by atoms with van der Waals surface area (Å²) in [6.07, 6.45) is 1.99. The Hall–Kier alpha value is -3.06. The number of nitrogens with zero attached hydrogens (tertiary/aromatic N) is 3. The lowest BCUT2D eigenvalue weighted by molar-refractivity contribution is 0.324. The van der Waals surface area contributed by atoms with Crippen molar-refractivity contribution < 1.29 is 14.2 Å². The normalized spacial score (nSPS) is 10.9. The van der Waals surface area contributed by atoms with Crippen LogP contribution in [0.15, 0.2) is 48.7 Å². The predicted molar refractivity (Wildman–Crippen MR) is 101 cm³/mol. The molecule has 0 fully saturated rings. The molecule has 0 bridgehead atoms. The Morgan fingerprint density at radius 3 is 2.15 bits per heavy atom. The summed E-state index contributed by atoms with van der Waals surface area (Å²) in [7, 11) is 4.76. The Kier molecular flexibility index (Phi) is 4.22. The van der Waals surface area contributed by atoms with Crippen LogP contribution in [0.3, 0.4) is 0 Å². The predicted octanol–water partition coefficient (Wildman–Crippen LogP) is 4.15. The van der Waals surface area contributed by atoms with E-state index in [0.29, 0.717) is 23.1 Å². The molecule has 2 heterocycles. The first-order valence-corrected chi connectivity index (χ1v) is 8.77. The van der Waals surface area contributed by atoms with E-state index in [0.717, 1.165) is 21.0 Å². The molecule has 0 N–H and O–H groups in total. The molecule has 6 nitrogen and oxygen atoms in total. The van der Waals surface area contributed by atoms with Crippen LogP contribution in [-0.4, -0.2) is 35.9 Å². The lowest BCUT2D eigenvalue weighted by atomic mass is 10.1. The highest BCUT2D eigenvalue weighted by Crippen LogP contribution is 2.41. The first kappa shape index (κ1) is 16.4. The summed E-state index contributed by atoms with van der Waals surface area (Å²) in [5.74, 6) is 2.30. The van der Waals surface area contributed by atoms with Gasteiger partial charge in [0.2, 0.25) is 10.7 Å². The molecule has 0 unspecified atom stereocenters. The maximum atomic E-state index is 5.41. The standard InChI is InChI=1S/C19H17N3O3S/c1-23-14-9-13(10-15(24-2)17(14)25-3)18-20-19-22(21-18)11-16(26-19)12-7-5-4-6-8-12/h4-11H,1-3H3. The van der Waals surface area contributed by atoms with E-state index in [1.165, 1.54) is 0 Å². The van der Waals surface area contributed by atoms with Crippen LogP contribution in [0.5, 0.6) is 17.2 Å². The van der Waals surface area contributed by atoms with Gasteiger partial charge in [0.15, 0.2) is 17.3 Å². The number of ether oxygens (including phenoxy) is 3. The van der Waals surface area contributed by atoms with E-state index < -0.39 is 0 Å². The number of benzene rings is 2. The molecule has 4 aromatic rings. The van der Waals surface area contributed by atoms with E-state index in [4.69, 9.17) is 14.2 Å². The van der Waals surface area contributed by atoms with Crippen molar-refractivity contribution in [2.45, 2.75) is 0 Å². The molecule has 0 amide bonds. The lowest BCUT2D eigenvalue weighted by Gasteiger charge is -2.12. The minimum atomic E-state index is 0.547. The fourth-order valence-corrected chi connectivity index (χ4v) is 3.69. The summed E-state index contributed by atoms with van der Waals surface area (Å²) in [5.41, 5.74) is 1.95. The van der Waals surface area contributed by atoms with E-state index >= 15 is 0 Å². The molecule has 0 aliphatic rings. The molecule has 2 aromatic heterocycles. The SMILES string of the molecule is COc1cc(-c2nc3sc(-c4ccccc4)cn3n2)cc(OC)c1OC.